The van der Waals surface area contributed by atoms with Crippen molar-refractivity contribution in [3.05, 3.63) is 16.7 Å². The third-order valence-electron chi connectivity index (χ3n) is 2.47. The van der Waals surface area contributed by atoms with Gasteiger partial charge in [0.25, 0.3) is 5.56 Å². The Morgan fingerprint density at radius 3 is 2.94 bits per heavy atom. The Kier molecular flexibility index (Phi) is 2.35. The second-order valence-electron chi connectivity index (χ2n) is 3.66. The van der Waals surface area contributed by atoms with Crippen molar-refractivity contribution in [2.24, 2.45) is 5.92 Å². The van der Waals surface area contributed by atoms with Crippen LogP contribution in [0.2, 0.25) is 0 Å². The Balaban J connectivity index is 2.30. The van der Waals surface area contributed by atoms with E-state index in [2.05, 4.69) is 15.0 Å². The lowest BCUT2D eigenvalue weighted by Crippen LogP contribution is -2.17. The van der Waals surface area contributed by atoms with Gasteiger partial charge in [-0.3, -0.25) is 9.78 Å². The Labute approximate surface area is 108 Å². The molecular formula is C10H15N5O3. The number of nitrogens with zero attached hydrogens (tertiary/aromatic N) is 3. The molecule has 0 amide bonds. The van der Waals surface area contributed by atoms with Gasteiger partial charge in [-0.2, -0.15) is 4.98 Å². The van der Waals surface area contributed by atoms with Gasteiger partial charge in [0.05, 0.1) is 11.8 Å². The molecule has 2 rings (SSSR count). The number of aromatic nitrogens is 4. The minimum absolute atomic E-state index is 0.0595. The Morgan fingerprint density at radius 2 is 2.28 bits per heavy atom. The summed E-state index contributed by atoms with van der Waals surface area (Å²) < 4.78 is 30.2. The quantitative estimate of drug-likeness (QED) is 0.526. The van der Waals surface area contributed by atoms with Crippen LogP contribution in [0.3, 0.4) is 0 Å². The monoisotopic (exact) mass is 257 g/mol. The van der Waals surface area contributed by atoms with Gasteiger partial charge >= 0.3 is 0 Å². The SMILES string of the molecule is [2H]C([2H])(O)C(CCn1cnc2nc(N)[nH]c(=O)c21)C([2H])([2H])O. The van der Waals surface area contributed by atoms with Crippen molar-refractivity contribution < 1.29 is 15.7 Å². The molecule has 8 nitrogen and oxygen atoms in total. The number of hydrogen-bond donors (Lipinski definition) is 4. The average molecular weight is 257 g/mol. The van der Waals surface area contributed by atoms with Crippen LogP contribution >= 0.6 is 0 Å². The van der Waals surface area contributed by atoms with Gasteiger partial charge in [0, 0.05) is 25.6 Å². The van der Waals surface area contributed by atoms with Gasteiger partial charge in [-0.25, -0.2) is 4.98 Å². The number of fused-ring (bicyclic) bond motifs is 1. The van der Waals surface area contributed by atoms with Crippen LogP contribution in [0.25, 0.3) is 11.2 Å². The summed E-state index contributed by atoms with van der Waals surface area (Å²) in [6.45, 7) is -5.91. The van der Waals surface area contributed by atoms with E-state index in [4.69, 9.17) is 11.2 Å². The molecule has 0 aliphatic carbocycles. The molecule has 5 N–H and O–H groups in total. The normalized spacial score (nSPS) is 16.4. The number of anilines is 1. The predicted octanol–water partition coefficient (Wildman–Crippen LogP) is -1.31. The molecule has 2 aromatic heterocycles. The van der Waals surface area contributed by atoms with Crippen molar-refractivity contribution in [1.82, 2.24) is 19.5 Å². The molecule has 8 heteroatoms. The first-order valence-electron chi connectivity index (χ1n) is 7.15. The fourth-order valence-corrected chi connectivity index (χ4v) is 1.60. The second-order valence-corrected chi connectivity index (χ2v) is 3.66. The molecule has 18 heavy (non-hydrogen) atoms. The summed E-state index contributed by atoms with van der Waals surface area (Å²) in [4.78, 5) is 21.8. The van der Waals surface area contributed by atoms with Crippen LogP contribution in [0.15, 0.2) is 11.1 Å². The van der Waals surface area contributed by atoms with E-state index in [9.17, 15) is 15.0 Å². The zero-order chi connectivity index (χ0) is 16.7. The number of nitrogens with two attached hydrogens (primary N) is 1. The first kappa shape index (κ1) is 8.22. The van der Waals surface area contributed by atoms with E-state index in [1.165, 1.54) is 10.9 Å². The van der Waals surface area contributed by atoms with Crippen molar-refractivity contribution in [1.29, 1.82) is 0 Å². The van der Waals surface area contributed by atoms with Crippen molar-refractivity contribution in [3.63, 3.8) is 0 Å². The van der Waals surface area contributed by atoms with E-state index in [0.717, 1.165) is 0 Å². The van der Waals surface area contributed by atoms with E-state index in [1.807, 2.05) is 0 Å². The lowest BCUT2D eigenvalue weighted by atomic mass is 10.1. The zero-order valence-corrected chi connectivity index (χ0v) is 9.29. The summed E-state index contributed by atoms with van der Waals surface area (Å²) in [7, 11) is 0. The molecule has 2 aromatic rings. The minimum atomic E-state index is -2.93. The topological polar surface area (TPSA) is 130 Å². The third-order valence-corrected chi connectivity index (χ3v) is 2.47. The van der Waals surface area contributed by atoms with E-state index in [1.54, 1.807) is 0 Å². The largest absolute Gasteiger partial charge is 0.396 e. The molecule has 0 spiro atoms. The first-order valence-corrected chi connectivity index (χ1v) is 5.15. The minimum Gasteiger partial charge on any atom is -0.396 e. The lowest BCUT2D eigenvalue weighted by Gasteiger charge is -2.10. The molecular weight excluding hydrogens is 238 g/mol. The summed E-state index contributed by atoms with van der Waals surface area (Å²) in [5.41, 5.74) is 5.03. The molecule has 2 heterocycles. The molecule has 0 bridgehead atoms. The fraction of sp³-hybridized carbons (Fsp3) is 0.500. The summed E-state index contributed by atoms with van der Waals surface area (Å²) in [5.74, 6) is -1.81. The van der Waals surface area contributed by atoms with Crippen molar-refractivity contribution in [2.45, 2.75) is 13.0 Å². The maximum absolute atomic E-state index is 11.8. The predicted molar refractivity (Wildman–Crippen MR) is 64.8 cm³/mol. The maximum Gasteiger partial charge on any atom is 0.278 e. The molecule has 0 fully saturated rings. The summed E-state index contributed by atoms with van der Waals surface area (Å²) in [6, 6.07) is 0. The van der Waals surface area contributed by atoms with Gasteiger partial charge < -0.3 is 20.5 Å². The number of aliphatic hydroxyl groups is 2. The standard InChI is InChI=1S/C10H15N5O3/c11-10-13-8-7(9(18)14-10)15(5-12-8)2-1-6(3-16)4-17/h5-6,16-17H,1-4H2,(H3,11,13,14,18)/i3D2,4D2. The van der Waals surface area contributed by atoms with Crippen molar-refractivity contribution in [2.75, 3.05) is 18.9 Å². The summed E-state index contributed by atoms with van der Waals surface area (Å²) >= 11 is 0. The highest BCUT2D eigenvalue weighted by Gasteiger charge is 2.11. The second kappa shape index (κ2) is 5.15. The number of aryl methyl sites for hydroxylation is 1. The van der Waals surface area contributed by atoms with E-state index < -0.39 is 24.6 Å². The van der Waals surface area contributed by atoms with Crippen LogP contribution in [-0.2, 0) is 6.54 Å². The lowest BCUT2D eigenvalue weighted by molar-refractivity contribution is 0.140. The summed E-state index contributed by atoms with van der Waals surface area (Å²) in [5, 5.41) is 18.7. The molecule has 0 unspecified atom stereocenters. The number of imidazole rings is 1. The van der Waals surface area contributed by atoms with Gasteiger partial charge in [-0.1, -0.05) is 0 Å². The van der Waals surface area contributed by atoms with Gasteiger partial charge in [-0.15, -0.1) is 0 Å². The Morgan fingerprint density at radius 1 is 1.56 bits per heavy atom. The van der Waals surface area contributed by atoms with Crippen LogP contribution in [0, 0.1) is 5.92 Å². The number of H-pyrrole nitrogens is 1. The molecule has 0 saturated heterocycles. The van der Waals surface area contributed by atoms with Gasteiger partial charge in [0.15, 0.2) is 11.2 Å². The number of rotatable bonds is 5. The number of nitrogen functional groups attached to an aromatic ring is 1. The van der Waals surface area contributed by atoms with Gasteiger partial charge in [-0.05, 0) is 6.42 Å². The molecule has 0 atom stereocenters. The molecule has 0 aliphatic rings. The number of hydrogen-bond acceptors (Lipinski definition) is 6. The highest BCUT2D eigenvalue weighted by Crippen LogP contribution is 2.09. The van der Waals surface area contributed by atoms with Crippen LogP contribution < -0.4 is 11.3 Å². The maximum atomic E-state index is 11.8. The van der Waals surface area contributed by atoms with Gasteiger partial charge in [0.1, 0.15) is 0 Å². The van der Waals surface area contributed by atoms with Crippen LogP contribution in [0.1, 0.15) is 11.9 Å². The van der Waals surface area contributed by atoms with E-state index >= 15 is 0 Å². The molecule has 0 aliphatic heterocycles. The van der Waals surface area contributed by atoms with E-state index in [0.29, 0.717) is 0 Å². The Hall–Kier alpha value is -1.93. The summed E-state index contributed by atoms with van der Waals surface area (Å²) in [6.07, 6.45) is 0.992. The average Bonchev–Trinajstić information content (AvgIpc) is 2.68. The number of nitrogens with one attached hydrogen (secondary N) is 1. The zero-order valence-electron chi connectivity index (χ0n) is 13.3. The fourth-order valence-electron chi connectivity index (χ4n) is 1.60. The van der Waals surface area contributed by atoms with E-state index in [-0.39, 0.29) is 30.1 Å². The van der Waals surface area contributed by atoms with Crippen LogP contribution in [0.4, 0.5) is 5.95 Å². The number of aromatic amines is 1. The van der Waals surface area contributed by atoms with Crippen LogP contribution in [-0.4, -0.2) is 42.9 Å². The molecule has 0 radical (unpaired) electrons. The van der Waals surface area contributed by atoms with Crippen LogP contribution in [0.5, 0.6) is 0 Å². The van der Waals surface area contributed by atoms with Crippen molar-refractivity contribution in [3.8, 4) is 0 Å². The first-order chi connectivity index (χ1) is 10.00. The van der Waals surface area contributed by atoms with Crippen molar-refractivity contribution >= 4 is 17.1 Å². The Bertz CT molecular complexity index is 719. The molecule has 98 valence electrons. The smallest absolute Gasteiger partial charge is 0.278 e. The highest BCUT2D eigenvalue weighted by atomic mass is 16.3. The third kappa shape index (κ3) is 2.34. The molecule has 0 saturated carbocycles. The van der Waals surface area contributed by atoms with Gasteiger partial charge in [0.2, 0.25) is 5.95 Å². The molecule has 0 aromatic carbocycles. The highest BCUT2D eigenvalue weighted by molar-refractivity contribution is 5.70.